The average molecular weight is 378 g/mol. The van der Waals surface area contributed by atoms with Crippen molar-refractivity contribution in [3.05, 3.63) is 67.1 Å². The predicted octanol–water partition coefficient (Wildman–Crippen LogP) is 4.90. The third-order valence-electron chi connectivity index (χ3n) is 2.74. The molecular formula is C13H8BrClF2N2O2. The van der Waals surface area contributed by atoms with Gasteiger partial charge in [-0.1, -0.05) is 17.7 Å². The van der Waals surface area contributed by atoms with Gasteiger partial charge in [0.1, 0.15) is 11.6 Å². The Morgan fingerprint density at radius 3 is 2.67 bits per heavy atom. The van der Waals surface area contributed by atoms with Gasteiger partial charge in [-0.2, -0.15) is 0 Å². The monoisotopic (exact) mass is 376 g/mol. The number of nitrogens with zero attached hydrogens (tertiary/aromatic N) is 1. The molecule has 0 fully saturated rings. The fourth-order valence-electron chi connectivity index (χ4n) is 1.78. The quantitative estimate of drug-likeness (QED) is 0.609. The topological polar surface area (TPSA) is 55.2 Å². The Kier molecular flexibility index (Phi) is 4.74. The van der Waals surface area contributed by atoms with Crippen LogP contribution in [-0.2, 0) is 6.54 Å². The molecular weight excluding hydrogens is 370 g/mol. The number of nitro groups is 1. The third-order valence-corrected chi connectivity index (χ3v) is 3.72. The molecule has 0 atom stereocenters. The average Bonchev–Trinajstić information content (AvgIpc) is 2.38. The van der Waals surface area contributed by atoms with Gasteiger partial charge in [-0.05, 0) is 28.1 Å². The molecule has 0 radical (unpaired) electrons. The normalized spacial score (nSPS) is 10.5. The van der Waals surface area contributed by atoms with Crippen LogP contribution in [0.5, 0.6) is 0 Å². The van der Waals surface area contributed by atoms with E-state index >= 15 is 0 Å². The number of halogens is 4. The van der Waals surface area contributed by atoms with E-state index in [2.05, 4.69) is 21.2 Å². The van der Waals surface area contributed by atoms with Crippen LogP contribution in [0.3, 0.4) is 0 Å². The van der Waals surface area contributed by atoms with Crippen LogP contribution in [0.2, 0.25) is 5.02 Å². The van der Waals surface area contributed by atoms with E-state index in [-0.39, 0.29) is 33.0 Å². The van der Waals surface area contributed by atoms with Gasteiger partial charge >= 0.3 is 0 Å². The van der Waals surface area contributed by atoms with E-state index in [1.54, 1.807) is 0 Å². The Bertz CT molecular complexity index is 690. The van der Waals surface area contributed by atoms with Gasteiger partial charge in [0.2, 0.25) is 0 Å². The summed E-state index contributed by atoms with van der Waals surface area (Å²) < 4.78 is 26.8. The highest BCUT2D eigenvalue weighted by atomic mass is 79.9. The summed E-state index contributed by atoms with van der Waals surface area (Å²) >= 11 is 8.96. The lowest BCUT2D eigenvalue weighted by Crippen LogP contribution is -2.06. The van der Waals surface area contributed by atoms with Crippen LogP contribution in [0, 0.1) is 21.7 Å². The molecule has 0 saturated carbocycles. The summed E-state index contributed by atoms with van der Waals surface area (Å²) in [5, 5.41) is 13.8. The second-order valence-corrected chi connectivity index (χ2v) is 5.35. The van der Waals surface area contributed by atoms with E-state index in [9.17, 15) is 18.9 Å². The third kappa shape index (κ3) is 3.48. The van der Waals surface area contributed by atoms with Gasteiger partial charge in [-0.15, -0.1) is 0 Å². The van der Waals surface area contributed by atoms with Crippen molar-refractivity contribution in [3.8, 4) is 0 Å². The van der Waals surface area contributed by atoms with E-state index in [0.29, 0.717) is 6.07 Å². The van der Waals surface area contributed by atoms with Crippen molar-refractivity contribution in [2.24, 2.45) is 0 Å². The number of hydrogen-bond donors (Lipinski definition) is 1. The fraction of sp³-hybridized carbons (Fsp3) is 0.0769. The highest BCUT2D eigenvalue weighted by Gasteiger charge is 2.17. The van der Waals surface area contributed by atoms with Crippen molar-refractivity contribution in [1.29, 1.82) is 0 Å². The molecule has 0 aliphatic rings. The van der Waals surface area contributed by atoms with Gasteiger partial charge in [0.05, 0.1) is 21.2 Å². The largest absolute Gasteiger partial charge is 0.377 e. The zero-order valence-electron chi connectivity index (χ0n) is 10.4. The molecule has 8 heteroatoms. The molecule has 0 bridgehead atoms. The molecule has 110 valence electrons. The van der Waals surface area contributed by atoms with Gasteiger partial charge < -0.3 is 5.32 Å². The fourth-order valence-corrected chi connectivity index (χ4v) is 2.57. The summed E-state index contributed by atoms with van der Waals surface area (Å²) in [4.78, 5) is 10.4. The van der Waals surface area contributed by atoms with Crippen LogP contribution in [-0.4, -0.2) is 4.92 Å². The Balaban J connectivity index is 2.31. The molecule has 0 heterocycles. The minimum Gasteiger partial charge on any atom is -0.377 e. The van der Waals surface area contributed by atoms with Crippen LogP contribution in [0.15, 0.2) is 34.8 Å². The Labute approximate surface area is 132 Å². The highest BCUT2D eigenvalue weighted by Crippen LogP contribution is 2.30. The maximum Gasteiger partial charge on any atom is 0.275 e. The predicted molar refractivity (Wildman–Crippen MR) is 79.5 cm³/mol. The maximum absolute atomic E-state index is 13.7. The van der Waals surface area contributed by atoms with E-state index in [1.807, 2.05) is 0 Å². The van der Waals surface area contributed by atoms with Gasteiger partial charge in [0.25, 0.3) is 5.69 Å². The van der Waals surface area contributed by atoms with Crippen molar-refractivity contribution < 1.29 is 13.7 Å². The summed E-state index contributed by atoms with van der Waals surface area (Å²) in [6, 6.07) is 6.07. The molecule has 0 unspecified atom stereocenters. The molecule has 2 aromatic rings. The second kappa shape index (κ2) is 6.36. The molecule has 0 spiro atoms. The number of benzene rings is 2. The van der Waals surface area contributed by atoms with Crippen LogP contribution < -0.4 is 5.32 Å². The van der Waals surface area contributed by atoms with E-state index in [1.165, 1.54) is 18.2 Å². The zero-order chi connectivity index (χ0) is 15.6. The summed E-state index contributed by atoms with van der Waals surface area (Å²) in [7, 11) is 0. The summed E-state index contributed by atoms with van der Waals surface area (Å²) in [5.74, 6) is -1.54. The van der Waals surface area contributed by atoms with Gasteiger partial charge in [0.15, 0.2) is 0 Å². The molecule has 2 aromatic carbocycles. The van der Waals surface area contributed by atoms with Gasteiger partial charge in [0, 0.05) is 23.2 Å². The van der Waals surface area contributed by atoms with E-state index in [4.69, 9.17) is 11.6 Å². The standard InChI is InChI=1S/C13H8BrClF2N2O2/c14-9-4-7(16)5-11(17)13(9)18-6-8-10(15)2-1-3-12(8)19(20)21/h1-5,18H,6H2. The van der Waals surface area contributed by atoms with Crippen LogP contribution in [0.1, 0.15) is 5.56 Å². The number of rotatable bonds is 4. The first-order valence-corrected chi connectivity index (χ1v) is 6.87. The van der Waals surface area contributed by atoms with Crippen molar-refractivity contribution in [1.82, 2.24) is 0 Å². The molecule has 2 rings (SSSR count). The SMILES string of the molecule is O=[N+]([O-])c1cccc(Cl)c1CNc1c(F)cc(F)cc1Br. The first-order valence-electron chi connectivity index (χ1n) is 5.70. The smallest absolute Gasteiger partial charge is 0.275 e. The van der Waals surface area contributed by atoms with Gasteiger partial charge in [-0.3, -0.25) is 10.1 Å². The van der Waals surface area contributed by atoms with Gasteiger partial charge in [-0.25, -0.2) is 8.78 Å². The van der Waals surface area contributed by atoms with Crippen molar-refractivity contribution in [2.75, 3.05) is 5.32 Å². The Morgan fingerprint density at radius 1 is 1.33 bits per heavy atom. The van der Waals surface area contributed by atoms with Crippen molar-refractivity contribution in [3.63, 3.8) is 0 Å². The number of anilines is 1. The van der Waals surface area contributed by atoms with Crippen LogP contribution in [0.25, 0.3) is 0 Å². The van der Waals surface area contributed by atoms with Crippen LogP contribution >= 0.6 is 27.5 Å². The maximum atomic E-state index is 13.7. The molecule has 0 aromatic heterocycles. The molecule has 1 N–H and O–H groups in total. The molecule has 0 saturated heterocycles. The molecule has 0 aliphatic heterocycles. The Hall–Kier alpha value is -1.73. The van der Waals surface area contributed by atoms with E-state index < -0.39 is 16.6 Å². The minimum absolute atomic E-state index is 0.00520. The Morgan fingerprint density at radius 2 is 2.05 bits per heavy atom. The number of nitrogens with one attached hydrogen (secondary N) is 1. The lowest BCUT2D eigenvalue weighted by atomic mass is 10.1. The van der Waals surface area contributed by atoms with Crippen molar-refractivity contribution in [2.45, 2.75) is 6.54 Å². The molecule has 4 nitrogen and oxygen atoms in total. The van der Waals surface area contributed by atoms with Crippen LogP contribution in [0.4, 0.5) is 20.2 Å². The summed E-state index contributed by atoms with van der Waals surface area (Å²) in [5.41, 5.74) is 0.0547. The number of nitro benzene ring substituents is 1. The highest BCUT2D eigenvalue weighted by molar-refractivity contribution is 9.10. The second-order valence-electron chi connectivity index (χ2n) is 4.09. The van der Waals surface area contributed by atoms with E-state index in [0.717, 1.165) is 6.07 Å². The first-order chi connectivity index (χ1) is 9.90. The lowest BCUT2D eigenvalue weighted by Gasteiger charge is -2.11. The van der Waals surface area contributed by atoms with Crippen molar-refractivity contribution >= 4 is 38.9 Å². The summed E-state index contributed by atoms with van der Waals surface area (Å²) in [6.07, 6.45) is 0. The zero-order valence-corrected chi connectivity index (χ0v) is 12.7. The lowest BCUT2D eigenvalue weighted by molar-refractivity contribution is -0.385. The molecule has 0 amide bonds. The molecule has 0 aliphatic carbocycles. The first kappa shape index (κ1) is 15.7. The molecule has 21 heavy (non-hydrogen) atoms. The summed E-state index contributed by atoms with van der Waals surface area (Å²) in [6.45, 7) is -0.0723. The number of hydrogen-bond acceptors (Lipinski definition) is 3. The minimum atomic E-state index is -0.809.